The van der Waals surface area contributed by atoms with Crippen LogP contribution in [-0.2, 0) is 35.9 Å². The van der Waals surface area contributed by atoms with Crippen LogP contribution in [0.5, 0.6) is 23.0 Å². The summed E-state index contributed by atoms with van der Waals surface area (Å²) in [5, 5.41) is 18.3. The molecule has 0 spiro atoms. The molecule has 5 N–H and O–H groups in total. The lowest BCUT2D eigenvalue weighted by Gasteiger charge is -2.24. The molecule has 19 heteroatoms. The van der Waals surface area contributed by atoms with E-state index < -0.39 is 45.8 Å². The number of sulfonamides is 1. The van der Waals surface area contributed by atoms with Gasteiger partial charge in [-0.15, -0.1) is 0 Å². The van der Waals surface area contributed by atoms with Crippen molar-refractivity contribution in [3.05, 3.63) is 96.2 Å². The van der Waals surface area contributed by atoms with Crippen molar-refractivity contribution in [1.29, 1.82) is 0 Å². The number of hydrogen-bond donors (Lipinski definition) is 5. The van der Waals surface area contributed by atoms with Crippen LogP contribution in [0, 0.1) is 0 Å². The Hall–Kier alpha value is -6.31. The van der Waals surface area contributed by atoms with Crippen molar-refractivity contribution < 1.29 is 60.0 Å². The van der Waals surface area contributed by atoms with E-state index in [1.807, 2.05) is 20.8 Å². The van der Waals surface area contributed by atoms with Crippen LogP contribution in [0.4, 0.5) is 46.5 Å². The van der Waals surface area contributed by atoms with E-state index in [4.69, 9.17) is 28.8 Å². The number of amides is 2. The summed E-state index contributed by atoms with van der Waals surface area (Å²) in [5.41, 5.74) is 0.219. The number of carboxylic acid groups (broad SMARTS) is 1. The molecule has 0 aliphatic rings. The molecular formula is C41H44F3N5O10S. The first kappa shape index (κ1) is 44.8. The van der Waals surface area contributed by atoms with Gasteiger partial charge in [0.25, 0.3) is 0 Å². The second kappa shape index (κ2) is 19.2. The SMILES string of the molecule is COc1c(NC(=O)Nc2ccc(Oc3ccnc(Nc4cc(OCCOCCOCC(=O)O)cc(C(F)(F)F)c4)c3)c3ccccc23)cc(C(C)(C)C)cc1NS(C)(=O)=O. The number of pyridine rings is 1. The molecular weight excluding hydrogens is 812 g/mol. The van der Waals surface area contributed by atoms with E-state index in [0.717, 1.165) is 24.0 Å². The fraction of sp³-hybridized carbons (Fsp3) is 0.293. The van der Waals surface area contributed by atoms with Gasteiger partial charge in [0, 0.05) is 34.8 Å². The number of carboxylic acids is 1. The van der Waals surface area contributed by atoms with E-state index in [1.165, 1.54) is 25.4 Å². The minimum absolute atomic E-state index is 0.0182. The zero-order chi connectivity index (χ0) is 43.7. The molecule has 0 fully saturated rings. The maximum absolute atomic E-state index is 13.8. The summed E-state index contributed by atoms with van der Waals surface area (Å²) in [4.78, 5) is 28.2. The summed E-state index contributed by atoms with van der Waals surface area (Å²) < 4.78 is 95.7. The zero-order valence-corrected chi connectivity index (χ0v) is 34.0. The van der Waals surface area contributed by atoms with Crippen molar-refractivity contribution >= 4 is 61.4 Å². The molecule has 0 unspecified atom stereocenters. The zero-order valence-electron chi connectivity index (χ0n) is 33.2. The van der Waals surface area contributed by atoms with Gasteiger partial charge in [-0.2, -0.15) is 13.2 Å². The number of halogens is 3. The van der Waals surface area contributed by atoms with Gasteiger partial charge >= 0.3 is 18.2 Å². The standard InChI is InChI=1S/C41H44F3N5O10S/c1-40(2,3)25-20-33(38(55-4)34(21-25)49-60(5,53)54)48-39(52)47-32-10-11-35(31-9-7-6-8-30(31)32)59-28-12-13-45-36(23-28)46-27-18-26(41(42,43)44)19-29(22-27)58-17-16-56-14-15-57-24-37(50)51/h6-13,18-23,49H,14-17,24H2,1-5H3,(H,45,46)(H,50,51)(H2,47,48,52). The fourth-order valence-corrected chi connectivity index (χ4v) is 6.28. The number of nitrogens with one attached hydrogen (secondary N) is 4. The number of rotatable bonds is 18. The smallest absolute Gasteiger partial charge is 0.416 e. The van der Waals surface area contributed by atoms with Crippen LogP contribution < -0.4 is 34.9 Å². The third-order valence-corrected chi connectivity index (χ3v) is 8.99. The quantitative estimate of drug-likeness (QED) is 0.0528. The average Bonchev–Trinajstić information content (AvgIpc) is 3.15. The van der Waals surface area contributed by atoms with Crippen LogP contribution in [-0.4, -0.2) is 76.9 Å². The number of alkyl halides is 3. The van der Waals surface area contributed by atoms with E-state index in [1.54, 1.807) is 54.6 Å². The van der Waals surface area contributed by atoms with Crippen LogP contribution in [0.2, 0.25) is 0 Å². The summed E-state index contributed by atoms with van der Waals surface area (Å²) in [7, 11) is -2.32. The Labute approximate surface area is 344 Å². The second-order valence-electron chi connectivity index (χ2n) is 14.2. The van der Waals surface area contributed by atoms with Gasteiger partial charge in [-0.05, 0) is 53.4 Å². The molecule has 1 heterocycles. The Morgan fingerprint density at radius 3 is 2.15 bits per heavy atom. The number of hydrogen-bond acceptors (Lipinski definition) is 11. The number of carbonyl (C=O) groups excluding carboxylic acids is 1. The Morgan fingerprint density at radius 2 is 1.47 bits per heavy atom. The predicted octanol–water partition coefficient (Wildman–Crippen LogP) is 8.61. The van der Waals surface area contributed by atoms with Gasteiger partial charge in [0.15, 0.2) is 5.75 Å². The number of anilines is 5. The second-order valence-corrected chi connectivity index (χ2v) is 16.0. The van der Waals surface area contributed by atoms with Gasteiger partial charge in [-0.1, -0.05) is 45.0 Å². The molecule has 15 nitrogen and oxygen atoms in total. The molecule has 5 aromatic rings. The Kier molecular flexibility index (Phi) is 14.3. The number of fused-ring (bicyclic) bond motifs is 1. The van der Waals surface area contributed by atoms with E-state index >= 15 is 0 Å². The van der Waals surface area contributed by atoms with E-state index in [2.05, 4.69) is 25.7 Å². The van der Waals surface area contributed by atoms with Crippen LogP contribution in [0.3, 0.4) is 0 Å². The predicted molar refractivity (Wildman–Crippen MR) is 221 cm³/mol. The van der Waals surface area contributed by atoms with E-state index in [9.17, 15) is 31.2 Å². The van der Waals surface area contributed by atoms with Crippen molar-refractivity contribution in [3.63, 3.8) is 0 Å². The van der Waals surface area contributed by atoms with Gasteiger partial charge in [-0.25, -0.2) is 23.0 Å². The number of aliphatic carboxylic acids is 1. The summed E-state index contributed by atoms with van der Waals surface area (Å²) in [6.45, 7) is 5.39. The van der Waals surface area contributed by atoms with E-state index in [-0.39, 0.29) is 60.8 Å². The molecule has 0 radical (unpaired) electrons. The minimum atomic E-state index is -4.68. The lowest BCUT2D eigenvalue weighted by Crippen LogP contribution is -2.22. The summed E-state index contributed by atoms with van der Waals surface area (Å²) in [6, 6.07) is 19.4. The highest BCUT2D eigenvalue weighted by molar-refractivity contribution is 7.92. The first-order valence-corrected chi connectivity index (χ1v) is 20.1. The van der Waals surface area contributed by atoms with Crippen molar-refractivity contribution in [2.24, 2.45) is 0 Å². The molecule has 320 valence electrons. The molecule has 1 aromatic heterocycles. The third-order valence-electron chi connectivity index (χ3n) is 8.39. The van der Waals surface area contributed by atoms with Gasteiger partial charge in [-0.3, -0.25) is 4.72 Å². The topological polar surface area (TPSA) is 196 Å². The molecule has 0 saturated heterocycles. The summed E-state index contributed by atoms with van der Waals surface area (Å²) >= 11 is 0. The molecule has 4 aromatic carbocycles. The van der Waals surface area contributed by atoms with E-state index in [0.29, 0.717) is 28.0 Å². The fourth-order valence-electron chi connectivity index (χ4n) is 5.73. The normalized spacial score (nSPS) is 11.8. The van der Waals surface area contributed by atoms with Gasteiger partial charge in [0.1, 0.15) is 36.3 Å². The summed E-state index contributed by atoms with van der Waals surface area (Å²) in [5.74, 6) is -0.214. The van der Waals surface area contributed by atoms with Gasteiger partial charge in [0.2, 0.25) is 10.0 Å². The molecule has 2 amide bonds. The maximum atomic E-state index is 13.8. The molecule has 0 aliphatic carbocycles. The number of ether oxygens (including phenoxy) is 5. The molecule has 60 heavy (non-hydrogen) atoms. The molecule has 0 bridgehead atoms. The highest BCUT2D eigenvalue weighted by atomic mass is 32.2. The number of carbonyl (C=O) groups is 2. The number of methoxy groups -OCH3 is 1. The largest absolute Gasteiger partial charge is 0.492 e. The maximum Gasteiger partial charge on any atom is 0.416 e. The first-order valence-electron chi connectivity index (χ1n) is 18.2. The van der Waals surface area contributed by atoms with Crippen LogP contribution in [0.25, 0.3) is 10.8 Å². The number of urea groups is 1. The minimum Gasteiger partial charge on any atom is -0.492 e. The first-order chi connectivity index (χ1) is 28.3. The lowest BCUT2D eigenvalue weighted by molar-refractivity contribution is -0.142. The van der Waals surface area contributed by atoms with Gasteiger partial charge in [0.05, 0.1) is 55.8 Å². The molecule has 0 aliphatic heterocycles. The Balaban J connectivity index is 1.31. The summed E-state index contributed by atoms with van der Waals surface area (Å²) in [6.07, 6.45) is -2.25. The van der Waals surface area contributed by atoms with Crippen LogP contribution in [0.15, 0.2) is 85.1 Å². The number of aromatic nitrogens is 1. The van der Waals surface area contributed by atoms with Crippen LogP contribution >= 0.6 is 0 Å². The average molecular weight is 856 g/mol. The Bertz CT molecular complexity index is 2440. The van der Waals surface area contributed by atoms with Gasteiger partial charge < -0.3 is 44.7 Å². The number of nitrogens with zero attached hydrogens (tertiary/aromatic N) is 1. The highest BCUT2D eigenvalue weighted by Crippen LogP contribution is 2.40. The lowest BCUT2D eigenvalue weighted by atomic mass is 9.86. The monoisotopic (exact) mass is 855 g/mol. The molecule has 0 saturated carbocycles. The molecule has 5 rings (SSSR count). The van der Waals surface area contributed by atoms with Crippen molar-refractivity contribution in [1.82, 2.24) is 4.98 Å². The van der Waals surface area contributed by atoms with Crippen molar-refractivity contribution in [2.45, 2.75) is 32.4 Å². The Morgan fingerprint density at radius 1 is 0.783 bits per heavy atom. The molecule has 0 atom stereocenters. The van der Waals surface area contributed by atoms with Crippen molar-refractivity contribution in [2.75, 3.05) is 67.1 Å². The number of benzene rings is 4. The third kappa shape index (κ3) is 12.8. The highest BCUT2D eigenvalue weighted by Gasteiger charge is 2.32. The van der Waals surface area contributed by atoms with Crippen LogP contribution in [0.1, 0.15) is 31.9 Å². The van der Waals surface area contributed by atoms with Crippen molar-refractivity contribution in [3.8, 4) is 23.0 Å².